The smallest absolute Gasteiger partial charge is 0.166 e. The van der Waals surface area contributed by atoms with E-state index in [1.165, 1.54) is 0 Å². The van der Waals surface area contributed by atoms with E-state index in [0.29, 0.717) is 0 Å². The zero-order valence-electron chi connectivity index (χ0n) is 16.4. The Kier molecular flexibility index (Phi) is 6.15. The molecule has 0 N–H and O–H groups in total. The van der Waals surface area contributed by atoms with Gasteiger partial charge in [0.1, 0.15) is 0 Å². The molecule has 172 valence electrons. The summed E-state index contributed by atoms with van der Waals surface area (Å²) < 4.78 is 117. The van der Waals surface area contributed by atoms with E-state index in [1.54, 1.807) is 0 Å². The molecule has 33 heavy (non-hydrogen) atoms. The predicted molar refractivity (Wildman–Crippen MR) is 108 cm³/mol. The maximum atomic E-state index is 13.0. The van der Waals surface area contributed by atoms with Crippen LogP contribution in [0.5, 0.6) is 0 Å². The number of rotatable bonds is 3. The minimum atomic E-state index is -4.64. The number of halogens is 9. The number of terminal acetylenes is 1. The fourth-order valence-corrected chi connectivity index (χ4v) is 6.98. The molecule has 0 aliphatic heterocycles. The summed E-state index contributed by atoms with van der Waals surface area (Å²) in [5.41, 5.74) is -0.366. The maximum Gasteiger partial charge on any atom is 0.416 e. The number of hydrogen-bond donors (Lipinski definition) is 0. The van der Waals surface area contributed by atoms with E-state index in [2.05, 4.69) is 5.54 Å². The Bertz CT molecular complexity index is 1010. The molecule has 3 aromatic rings. The molecule has 0 heterocycles. The summed E-state index contributed by atoms with van der Waals surface area (Å²) in [4.78, 5) is 0. The van der Waals surface area contributed by atoms with E-state index in [0.717, 1.165) is 72.8 Å². The predicted octanol–water partition coefficient (Wildman–Crippen LogP) is 5.39. The summed E-state index contributed by atoms with van der Waals surface area (Å²) >= 11 is 0. The van der Waals surface area contributed by atoms with Crippen LogP contribution in [0.3, 0.4) is 0 Å². The highest BCUT2D eigenvalue weighted by Gasteiger charge is 2.41. The maximum absolute atomic E-state index is 13.0. The van der Waals surface area contributed by atoms with Crippen LogP contribution in [0.25, 0.3) is 0 Å². The van der Waals surface area contributed by atoms with Crippen LogP contribution in [0, 0.1) is 12.0 Å². The topological polar surface area (TPSA) is 0 Å². The van der Waals surface area contributed by atoms with Crippen molar-refractivity contribution in [2.45, 2.75) is 18.5 Å². The van der Waals surface area contributed by atoms with Gasteiger partial charge < -0.3 is 0 Å². The molecule has 0 saturated heterocycles. The largest absolute Gasteiger partial charge is 0.416 e. The first-order valence-electron chi connectivity index (χ1n) is 9.20. The lowest BCUT2D eigenvalue weighted by Crippen LogP contribution is -2.66. The molecule has 0 aliphatic rings. The van der Waals surface area contributed by atoms with E-state index < -0.39 is 43.3 Å². The molecule has 0 saturated carbocycles. The van der Waals surface area contributed by atoms with E-state index in [-0.39, 0.29) is 15.6 Å². The molecule has 0 fully saturated rings. The van der Waals surface area contributed by atoms with Crippen molar-refractivity contribution in [3.63, 3.8) is 0 Å². The van der Waals surface area contributed by atoms with Crippen LogP contribution in [0.4, 0.5) is 39.5 Å². The summed E-state index contributed by atoms with van der Waals surface area (Å²) in [7, 11) is -3.72. The van der Waals surface area contributed by atoms with Crippen molar-refractivity contribution in [1.29, 1.82) is 0 Å². The van der Waals surface area contributed by atoms with E-state index in [1.807, 2.05) is 0 Å². The third kappa shape index (κ3) is 4.78. The summed E-state index contributed by atoms with van der Waals surface area (Å²) in [5, 5.41) is 0.618. The lowest BCUT2D eigenvalue weighted by Gasteiger charge is -2.29. The fourth-order valence-electron chi connectivity index (χ4n) is 3.48. The van der Waals surface area contributed by atoms with Crippen molar-refractivity contribution in [3.8, 4) is 12.0 Å². The van der Waals surface area contributed by atoms with Gasteiger partial charge >= 0.3 is 18.5 Å². The van der Waals surface area contributed by atoms with Crippen LogP contribution in [0.1, 0.15) is 16.7 Å². The number of alkyl halides is 9. The van der Waals surface area contributed by atoms with Gasteiger partial charge in [-0.25, -0.2) is 0 Å². The molecule has 3 rings (SSSR count). The van der Waals surface area contributed by atoms with Crippen molar-refractivity contribution < 1.29 is 39.5 Å². The Hall–Kier alpha value is -3.19. The van der Waals surface area contributed by atoms with E-state index in [9.17, 15) is 39.5 Å². The van der Waals surface area contributed by atoms with Gasteiger partial charge in [0, 0.05) is 0 Å². The quantitative estimate of drug-likeness (QED) is 0.201. The van der Waals surface area contributed by atoms with Gasteiger partial charge in [-0.05, 0) is 15.6 Å². The molecule has 0 radical (unpaired) electrons. The zero-order valence-corrected chi connectivity index (χ0v) is 17.4. The first kappa shape index (κ1) is 24.4. The van der Waals surface area contributed by atoms with Crippen LogP contribution >= 0.6 is 0 Å². The van der Waals surface area contributed by atoms with Crippen molar-refractivity contribution in [2.75, 3.05) is 0 Å². The lowest BCUT2D eigenvalue weighted by molar-refractivity contribution is -0.138. The Morgan fingerprint density at radius 2 is 0.667 bits per heavy atom. The zero-order chi connectivity index (χ0) is 24.7. The molecular weight excluding hydrogens is 475 g/mol. The standard InChI is InChI=1S/C23H13F9Si/c1-2-33(18-9-3-15(4-10-18)21(24,25)26,19-11-5-16(6-12-19)22(27,28)29)20-13-7-17(8-14-20)23(30,31)32/h1,3-14H. The van der Waals surface area contributed by atoms with Crippen molar-refractivity contribution in [1.82, 2.24) is 0 Å². The molecule has 3 aromatic carbocycles. The van der Waals surface area contributed by atoms with Crippen LogP contribution in [0.2, 0.25) is 0 Å². The summed E-state index contributed by atoms with van der Waals surface area (Å²) in [5.74, 6) is 0. The van der Waals surface area contributed by atoms with E-state index in [4.69, 9.17) is 6.42 Å². The second kappa shape index (κ2) is 8.30. The van der Waals surface area contributed by atoms with Gasteiger partial charge in [-0.15, -0.1) is 12.0 Å². The van der Waals surface area contributed by atoms with Gasteiger partial charge in [0.25, 0.3) is 0 Å². The summed E-state index contributed by atoms with van der Waals surface area (Å²) in [6.45, 7) is 0. The molecular formula is C23H13F9Si. The van der Waals surface area contributed by atoms with Crippen molar-refractivity contribution in [2.24, 2.45) is 0 Å². The van der Waals surface area contributed by atoms with Gasteiger partial charge in [0.2, 0.25) is 8.07 Å². The van der Waals surface area contributed by atoms with Gasteiger partial charge in [0.15, 0.2) is 0 Å². The van der Waals surface area contributed by atoms with Crippen molar-refractivity contribution >= 4 is 23.6 Å². The van der Waals surface area contributed by atoms with Gasteiger partial charge in [0.05, 0.1) is 16.7 Å². The van der Waals surface area contributed by atoms with Crippen LogP contribution in [-0.2, 0) is 18.5 Å². The molecule has 10 heteroatoms. The SMILES string of the molecule is C#C[Si](c1ccc(C(F)(F)F)cc1)(c1ccc(C(F)(F)F)cc1)c1ccc(C(F)(F)F)cc1. The highest BCUT2D eigenvalue weighted by molar-refractivity contribution is 7.16. The molecule has 0 aliphatic carbocycles. The average molecular weight is 488 g/mol. The molecule has 0 spiro atoms. The average Bonchev–Trinajstić information content (AvgIpc) is 2.74. The number of benzene rings is 3. The monoisotopic (exact) mass is 488 g/mol. The molecule has 0 bridgehead atoms. The van der Waals surface area contributed by atoms with Gasteiger partial charge in [-0.1, -0.05) is 72.8 Å². The number of hydrogen-bond acceptors (Lipinski definition) is 0. The third-order valence-electron chi connectivity index (χ3n) is 5.15. The van der Waals surface area contributed by atoms with Crippen LogP contribution in [0.15, 0.2) is 72.8 Å². The normalized spacial score (nSPS) is 13.0. The van der Waals surface area contributed by atoms with E-state index >= 15 is 0 Å². The second-order valence-corrected chi connectivity index (χ2v) is 10.6. The highest BCUT2D eigenvalue weighted by atomic mass is 28.3. The summed E-state index contributed by atoms with van der Waals surface area (Å²) in [6.07, 6.45) is -8.09. The Labute approximate surface area is 183 Å². The van der Waals surface area contributed by atoms with Crippen LogP contribution in [-0.4, -0.2) is 8.07 Å². The third-order valence-corrected chi connectivity index (χ3v) is 9.18. The molecule has 0 unspecified atom stereocenters. The Balaban J connectivity index is 2.24. The van der Waals surface area contributed by atoms with Crippen molar-refractivity contribution in [3.05, 3.63) is 89.5 Å². The summed E-state index contributed by atoms with van der Waals surface area (Å²) in [6, 6.07) is 11.4. The first-order valence-corrected chi connectivity index (χ1v) is 11.2. The minimum Gasteiger partial charge on any atom is -0.166 e. The Morgan fingerprint density at radius 1 is 0.455 bits per heavy atom. The highest BCUT2D eigenvalue weighted by Crippen LogP contribution is 2.31. The first-order chi connectivity index (χ1) is 15.2. The lowest BCUT2D eigenvalue weighted by atomic mass is 10.2. The molecule has 0 nitrogen and oxygen atoms in total. The van der Waals surface area contributed by atoms with Gasteiger partial charge in [-0.2, -0.15) is 39.5 Å². The van der Waals surface area contributed by atoms with Crippen LogP contribution < -0.4 is 15.6 Å². The Morgan fingerprint density at radius 3 is 0.818 bits per heavy atom. The fraction of sp³-hybridized carbons (Fsp3) is 0.130. The minimum absolute atomic E-state index is 0.206. The molecule has 0 amide bonds. The molecule has 0 aromatic heterocycles. The van der Waals surface area contributed by atoms with Gasteiger partial charge in [-0.3, -0.25) is 0 Å². The molecule has 0 atom stereocenters. The second-order valence-electron chi connectivity index (χ2n) is 7.12.